The number of aromatic amines is 1. The fourth-order valence-electron chi connectivity index (χ4n) is 3.89. The van der Waals surface area contributed by atoms with Crippen molar-refractivity contribution in [3.05, 3.63) is 21.2 Å². The number of hydrogen-bond donors (Lipinski definition) is 1. The van der Waals surface area contributed by atoms with Gasteiger partial charge in [0.1, 0.15) is 10.6 Å². The highest BCUT2D eigenvalue weighted by Gasteiger charge is 2.62. The van der Waals surface area contributed by atoms with Gasteiger partial charge in [0.2, 0.25) is 5.88 Å². The summed E-state index contributed by atoms with van der Waals surface area (Å²) in [7, 11) is 0. The van der Waals surface area contributed by atoms with E-state index < -0.39 is 0 Å². The molecule has 19 heavy (non-hydrogen) atoms. The van der Waals surface area contributed by atoms with Crippen molar-refractivity contribution in [1.82, 2.24) is 9.97 Å². The van der Waals surface area contributed by atoms with Crippen molar-refractivity contribution in [1.29, 1.82) is 0 Å². The molecule has 1 N–H and O–H groups in total. The van der Waals surface area contributed by atoms with E-state index in [9.17, 15) is 4.79 Å². The molecule has 2 saturated carbocycles. The molecule has 0 spiro atoms. The van der Waals surface area contributed by atoms with Crippen molar-refractivity contribution in [3.8, 4) is 5.88 Å². The van der Waals surface area contributed by atoms with Crippen molar-refractivity contribution in [2.24, 2.45) is 16.7 Å². The average molecular weight is 327 g/mol. The fourth-order valence-corrected chi connectivity index (χ4v) is 4.20. The summed E-state index contributed by atoms with van der Waals surface area (Å²) in [6.07, 6.45) is 5.07. The maximum Gasteiger partial charge on any atom is 0.268 e. The summed E-state index contributed by atoms with van der Waals surface area (Å²) < 4.78 is 6.47. The van der Waals surface area contributed by atoms with E-state index >= 15 is 0 Å². The van der Waals surface area contributed by atoms with Gasteiger partial charge in [-0.25, -0.2) is 4.98 Å². The van der Waals surface area contributed by atoms with Crippen LogP contribution in [-0.2, 0) is 0 Å². The molecule has 0 saturated heterocycles. The number of nitrogens with one attached hydrogen (secondary N) is 1. The van der Waals surface area contributed by atoms with Crippen LogP contribution in [0.1, 0.15) is 40.0 Å². The van der Waals surface area contributed by atoms with Crippen LogP contribution in [-0.4, -0.2) is 16.1 Å². The van der Waals surface area contributed by atoms with Crippen LogP contribution in [0, 0.1) is 16.7 Å². The van der Waals surface area contributed by atoms with Gasteiger partial charge in [-0.1, -0.05) is 20.8 Å². The van der Waals surface area contributed by atoms with Gasteiger partial charge in [0.15, 0.2) is 0 Å². The molecule has 5 heteroatoms. The Hall–Kier alpha value is -0.840. The Morgan fingerprint density at radius 3 is 2.79 bits per heavy atom. The zero-order chi connectivity index (χ0) is 13.8. The minimum atomic E-state index is -0.197. The molecule has 0 aromatic carbocycles. The second-order valence-electron chi connectivity index (χ2n) is 6.57. The predicted octanol–water partition coefficient (Wildman–Crippen LogP) is 3.13. The number of hydrogen-bond acceptors (Lipinski definition) is 3. The van der Waals surface area contributed by atoms with Crippen LogP contribution in [0.2, 0.25) is 0 Å². The van der Waals surface area contributed by atoms with E-state index in [-0.39, 0.29) is 17.1 Å². The number of fused-ring (bicyclic) bond motifs is 2. The van der Waals surface area contributed by atoms with Gasteiger partial charge < -0.3 is 9.72 Å². The molecule has 2 aliphatic rings. The van der Waals surface area contributed by atoms with Gasteiger partial charge in [0, 0.05) is 5.41 Å². The monoisotopic (exact) mass is 326 g/mol. The number of nitrogens with zero attached hydrogens (tertiary/aromatic N) is 1. The lowest BCUT2D eigenvalue weighted by Crippen LogP contribution is -2.39. The molecule has 2 fully saturated rings. The van der Waals surface area contributed by atoms with Crippen molar-refractivity contribution in [2.45, 2.75) is 46.1 Å². The second-order valence-corrected chi connectivity index (χ2v) is 7.36. The molecule has 0 aliphatic heterocycles. The van der Waals surface area contributed by atoms with Crippen LogP contribution in [0.3, 0.4) is 0 Å². The van der Waals surface area contributed by atoms with Crippen molar-refractivity contribution in [2.75, 3.05) is 0 Å². The maximum absolute atomic E-state index is 11.6. The van der Waals surface area contributed by atoms with Gasteiger partial charge in [0.05, 0.1) is 6.33 Å². The highest BCUT2D eigenvalue weighted by molar-refractivity contribution is 9.10. The summed E-state index contributed by atoms with van der Waals surface area (Å²) in [5, 5.41) is 0. The Bertz CT molecular complexity index is 569. The van der Waals surface area contributed by atoms with E-state index in [4.69, 9.17) is 4.74 Å². The third-order valence-corrected chi connectivity index (χ3v) is 6.43. The molecule has 1 aromatic heterocycles. The van der Waals surface area contributed by atoms with E-state index in [1.54, 1.807) is 0 Å². The first-order valence-corrected chi connectivity index (χ1v) is 7.55. The number of H-pyrrole nitrogens is 1. The molecule has 0 radical (unpaired) electrons. The first-order valence-electron chi connectivity index (χ1n) is 6.76. The zero-order valence-electron chi connectivity index (χ0n) is 11.5. The third-order valence-electron chi connectivity index (χ3n) is 5.73. The largest absolute Gasteiger partial charge is 0.473 e. The minimum Gasteiger partial charge on any atom is -0.473 e. The maximum atomic E-state index is 11.6. The first-order chi connectivity index (χ1) is 8.86. The smallest absolute Gasteiger partial charge is 0.268 e. The van der Waals surface area contributed by atoms with Crippen molar-refractivity contribution in [3.63, 3.8) is 0 Å². The summed E-state index contributed by atoms with van der Waals surface area (Å²) in [5.74, 6) is 1.13. The highest BCUT2D eigenvalue weighted by atomic mass is 79.9. The average Bonchev–Trinajstić information content (AvgIpc) is 2.68. The van der Waals surface area contributed by atoms with Gasteiger partial charge in [0.25, 0.3) is 5.56 Å². The molecule has 3 rings (SSSR count). The number of ether oxygens (including phenoxy) is 1. The Labute approximate surface area is 121 Å². The number of halogens is 1. The molecule has 2 bridgehead atoms. The molecular formula is C14H19BrN2O2. The third kappa shape index (κ3) is 1.70. The zero-order valence-corrected chi connectivity index (χ0v) is 13.1. The van der Waals surface area contributed by atoms with Crippen molar-refractivity contribution >= 4 is 15.9 Å². The van der Waals surface area contributed by atoms with Gasteiger partial charge in [-0.3, -0.25) is 4.79 Å². The second kappa shape index (κ2) is 4.08. The molecule has 3 atom stereocenters. The van der Waals surface area contributed by atoms with Crippen LogP contribution in [0.5, 0.6) is 5.88 Å². The van der Waals surface area contributed by atoms with Crippen LogP contribution >= 0.6 is 15.9 Å². The Kier molecular flexibility index (Phi) is 2.82. The molecule has 0 amide bonds. The van der Waals surface area contributed by atoms with E-state index in [0.717, 1.165) is 6.42 Å². The van der Waals surface area contributed by atoms with Crippen molar-refractivity contribution < 1.29 is 4.74 Å². The molecule has 104 valence electrons. The van der Waals surface area contributed by atoms with Crippen LogP contribution in [0.15, 0.2) is 15.6 Å². The number of aromatic nitrogens is 2. The lowest BCUT2D eigenvalue weighted by Gasteiger charge is -2.38. The highest BCUT2D eigenvalue weighted by Crippen LogP contribution is 2.66. The predicted molar refractivity (Wildman–Crippen MR) is 76.2 cm³/mol. The standard InChI is InChI=1S/C14H19BrN2O2/c1-13(2)8-4-5-14(13,3)9(6-8)19-12-10(15)11(18)16-7-17-12/h7-9H,4-6H2,1-3H3,(H,16,17,18). The first kappa shape index (κ1) is 13.2. The fraction of sp³-hybridized carbons (Fsp3) is 0.714. The summed E-state index contributed by atoms with van der Waals surface area (Å²) >= 11 is 3.26. The molecule has 4 nitrogen and oxygen atoms in total. The SMILES string of the molecule is CC1(C)C2CCC1(C)C(Oc1nc[nH]c(=O)c1Br)C2. The normalized spacial score (nSPS) is 35.6. The van der Waals surface area contributed by atoms with E-state index in [2.05, 4.69) is 46.7 Å². The van der Waals surface area contributed by atoms with E-state index in [1.807, 2.05) is 0 Å². The molecule has 3 unspecified atom stereocenters. The summed E-state index contributed by atoms with van der Waals surface area (Å²) in [4.78, 5) is 18.2. The molecular weight excluding hydrogens is 308 g/mol. The molecule has 1 aromatic rings. The quantitative estimate of drug-likeness (QED) is 0.908. The summed E-state index contributed by atoms with van der Waals surface area (Å²) in [5.41, 5.74) is 0.268. The minimum absolute atomic E-state index is 0.145. The summed E-state index contributed by atoms with van der Waals surface area (Å²) in [6.45, 7) is 6.99. The van der Waals surface area contributed by atoms with Gasteiger partial charge in [-0.15, -0.1) is 0 Å². The lowest BCUT2D eigenvalue weighted by molar-refractivity contribution is 0.0266. The van der Waals surface area contributed by atoms with E-state index in [0.29, 0.717) is 21.7 Å². The van der Waals surface area contributed by atoms with E-state index in [1.165, 1.54) is 19.2 Å². The topological polar surface area (TPSA) is 55.0 Å². The van der Waals surface area contributed by atoms with Crippen LogP contribution < -0.4 is 10.3 Å². The summed E-state index contributed by atoms with van der Waals surface area (Å²) in [6, 6.07) is 0. The Morgan fingerprint density at radius 1 is 1.47 bits per heavy atom. The Balaban J connectivity index is 1.90. The van der Waals surface area contributed by atoms with Gasteiger partial charge in [-0.2, -0.15) is 0 Å². The molecule has 1 heterocycles. The van der Waals surface area contributed by atoms with Crippen LogP contribution in [0.4, 0.5) is 0 Å². The van der Waals surface area contributed by atoms with Crippen LogP contribution in [0.25, 0.3) is 0 Å². The Morgan fingerprint density at radius 2 is 2.21 bits per heavy atom. The van der Waals surface area contributed by atoms with Gasteiger partial charge in [-0.05, 0) is 46.5 Å². The van der Waals surface area contributed by atoms with Gasteiger partial charge >= 0.3 is 0 Å². The lowest BCUT2D eigenvalue weighted by atomic mass is 9.70. The number of rotatable bonds is 2. The molecule has 2 aliphatic carbocycles.